The normalized spacial score (nSPS) is 32.4. The zero-order valence-electron chi connectivity index (χ0n) is 13.8. The molecule has 3 nitrogen and oxygen atoms in total. The summed E-state index contributed by atoms with van der Waals surface area (Å²) in [6.07, 6.45) is 5.40. The van der Waals surface area contributed by atoms with Gasteiger partial charge in [0, 0.05) is 11.6 Å². The lowest BCUT2D eigenvalue weighted by Gasteiger charge is -2.51. The Morgan fingerprint density at radius 2 is 1.86 bits per heavy atom. The van der Waals surface area contributed by atoms with Crippen LogP contribution in [0.4, 0.5) is 0 Å². The molecule has 1 heterocycles. The number of fused-ring (bicyclic) bond motifs is 1. The number of nitrogens with zero attached hydrogens (tertiary/aromatic N) is 1. The lowest BCUT2D eigenvalue weighted by atomic mass is 9.88. The standard InChI is InChI=1S/C18H27NO2.BrH/c1-14(2)20-18(15-9-5-4-6-10-15)13-19(3)16-11-7-8-12-17(16)21-18;/h4-6,9-10,14,16-17H,7-8,11-13H2,1-3H3;1H. The third-order valence-corrected chi connectivity index (χ3v) is 4.67. The van der Waals surface area contributed by atoms with E-state index >= 15 is 0 Å². The van der Waals surface area contributed by atoms with E-state index in [1.165, 1.54) is 19.3 Å². The minimum absolute atomic E-state index is 0. The molecular weight excluding hydrogens is 342 g/mol. The molecule has 4 heteroatoms. The number of ether oxygens (including phenoxy) is 2. The average molecular weight is 370 g/mol. The molecule has 0 spiro atoms. The van der Waals surface area contributed by atoms with Gasteiger partial charge in [0.15, 0.2) is 0 Å². The molecule has 1 aromatic rings. The maximum Gasteiger partial charge on any atom is 0.208 e. The van der Waals surface area contributed by atoms with Crippen LogP contribution in [-0.4, -0.2) is 36.7 Å². The number of likely N-dealkylation sites (N-methyl/N-ethyl adjacent to an activating group) is 1. The fourth-order valence-electron chi connectivity index (χ4n) is 3.81. The van der Waals surface area contributed by atoms with Crippen LogP contribution in [0.1, 0.15) is 45.1 Å². The largest absolute Gasteiger partial charge is 0.342 e. The fourth-order valence-corrected chi connectivity index (χ4v) is 3.81. The van der Waals surface area contributed by atoms with Crippen LogP contribution < -0.4 is 0 Å². The highest BCUT2D eigenvalue weighted by Crippen LogP contribution is 2.40. The zero-order chi connectivity index (χ0) is 14.9. The number of rotatable bonds is 3. The summed E-state index contributed by atoms with van der Waals surface area (Å²) in [5.74, 6) is -0.622. The number of morpholine rings is 1. The summed E-state index contributed by atoms with van der Waals surface area (Å²) in [6, 6.07) is 11.0. The van der Waals surface area contributed by atoms with Crippen molar-refractivity contribution >= 4 is 17.0 Å². The molecule has 0 N–H and O–H groups in total. The fraction of sp³-hybridized carbons (Fsp3) is 0.667. The highest BCUT2D eigenvalue weighted by atomic mass is 79.9. The Labute approximate surface area is 144 Å². The van der Waals surface area contributed by atoms with Crippen molar-refractivity contribution in [2.45, 2.75) is 63.6 Å². The number of halogens is 1. The summed E-state index contributed by atoms with van der Waals surface area (Å²) < 4.78 is 12.9. The molecule has 3 rings (SSSR count). The molecule has 2 fully saturated rings. The third kappa shape index (κ3) is 3.56. The van der Waals surface area contributed by atoms with E-state index in [0.717, 1.165) is 18.5 Å². The molecule has 0 amide bonds. The van der Waals surface area contributed by atoms with Crippen LogP contribution in [0.25, 0.3) is 0 Å². The Hall–Kier alpha value is -0.420. The molecule has 1 aliphatic carbocycles. The molecule has 124 valence electrons. The molecule has 1 saturated carbocycles. The molecule has 2 aliphatic rings. The van der Waals surface area contributed by atoms with E-state index in [1.54, 1.807) is 0 Å². The molecular formula is C18H28BrNO2. The summed E-state index contributed by atoms with van der Waals surface area (Å²) in [7, 11) is 2.22. The molecule has 0 bridgehead atoms. The predicted molar refractivity (Wildman–Crippen MR) is 94.4 cm³/mol. The van der Waals surface area contributed by atoms with Crippen LogP contribution in [0.3, 0.4) is 0 Å². The first-order valence-corrected chi connectivity index (χ1v) is 8.22. The van der Waals surface area contributed by atoms with Crippen LogP contribution in [-0.2, 0) is 15.3 Å². The van der Waals surface area contributed by atoms with Crippen molar-refractivity contribution in [2.75, 3.05) is 13.6 Å². The van der Waals surface area contributed by atoms with E-state index in [0.29, 0.717) is 6.04 Å². The summed E-state index contributed by atoms with van der Waals surface area (Å²) >= 11 is 0. The van der Waals surface area contributed by atoms with Gasteiger partial charge in [-0.15, -0.1) is 17.0 Å². The van der Waals surface area contributed by atoms with Crippen molar-refractivity contribution < 1.29 is 9.47 Å². The van der Waals surface area contributed by atoms with E-state index in [9.17, 15) is 0 Å². The quantitative estimate of drug-likeness (QED) is 0.799. The monoisotopic (exact) mass is 369 g/mol. The Morgan fingerprint density at radius 1 is 1.18 bits per heavy atom. The van der Waals surface area contributed by atoms with Gasteiger partial charge >= 0.3 is 0 Å². The second-order valence-corrected chi connectivity index (χ2v) is 6.71. The van der Waals surface area contributed by atoms with E-state index in [4.69, 9.17) is 9.47 Å². The van der Waals surface area contributed by atoms with Crippen LogP contribution in [0.5, 0.6) is 0 Å². The van der Waals surface area contributed by atoms with Gasteiger partial charge in [0.2, 0.25) is 5.79 Å². The van der Waals surface area contributed by atoms with E-state index < -0.39 is 5.79 Å². The van der Waals surface area contributed by atoms with E-state index in [-0.39, 0.29) is 29.2 Å². The number of benzene rings is 1. The second kappa shape index (κ2) is 7.43. The van der Waals surface area contributed by atoms with Crippen molar-refractivity contribution in [3.05, 3.63) is 35.9 Å². The van der Waals surface area contributed by atoms with Crippen molar-refractivity contribution in [1.82, 2.24) is 4.90 Å². The summed E-state index contributed by atoms with van der Waals surface area (Å²) in [5, 5.41) is 0. The van der Waals surface area contributed by atoms with E-state index in [1.807, 2.05) is 6.07 Å². The van der Waals surface area contributed by atoms with Gasteiger partial charge < -0.3 is 9.47 Å². The SMILES string of the molecule is Br.CC(C)OC1(c2ccccc2)CN(C)C2CCCCC2O1. The van der Waals surface area contributed by atoms with Crippen LogP contribution in [0.2, 0.25) is 0 Å². The summed E-state index contributed by atoms with van der Waals surface area (Å²) in [6.45, 7) is 4.97. The number of hydrogen-bond acceptors (Lipinski definition) is 3. The van der Waals surface area contributed by atoms with E-state index in [2.05, 4.69) is 50.1 Å². The van der Waals surface area contributed by atoms with Gasteiger partial charge in [0.05, 0.1) is 18.8 Å². The lowest BCUT2D eigenvalue weighted by molar-refractivity contribution is -0.326. The minimum Gasteiger partial charge on any atom is -0.342 e. The van der Waals surface area contributed by atoms with Gasteiger partial charge in [-0.1, -0.05) is 43.2 Å². The predicted octanol–water partition coefficient (Wildman–Crippen LogP) is 4.12. The first kappa shape index (κ1) is 17.9. The first-order chi connectivity index (χ1) is 10.1. The smallest absolute Gasteiger partial charge is 0.208 e. The molecule has 0 aromatic heterocycles. The Bertz CT molecular complexity index is 467. The Kier molecular flexibility index (Phi) is 6.06. The van der Waals surface area contributed by atoms with Gasteiger partial charge in [0.25, 0.3) is 0 Å². The third-order valence-electron chi connectivity index (χ3n) is 4.67. The Balaban J connectivity index is 0.00000176. The molecule has 0 radical (unpaired) electrons. The Morgan fingerprint density at radius 3 is 2.55 bits per heavy atom. The van der Waals surface area contributed by atoms with Crippen molar-refractivity contribution in [3.63, 3.8) is 0 Å². The molecule has 22 heavy (non-hydrogen) atoms. The summed E-state index contributed by atoms with van der Waals surface area (Å²) in [4.78, 5) is 2.45. The molecule has 1 aromatic carbocycles. The van der Waals surface area contributed by atoms with Crippen LogP contribution in [0, 0.1) is 0 Å². The second-order valence-electron chi connectivity index (χ2n) is 6.71. The molecule has 1 aliphatic heterocycles. The molecule has 1 saturated heterocycles. The number of hydrogen-bond donors (Lipinski definition) is 0. The lowest BCUT2D eigenvalue weighted by Crippen LogP contribution is -2.60. The highest BCUT2D eigenvalue weighted by molar-refractivity contribution is 8.93. The van der Waals surface area contributed by atoms with Gasteiger partial charge in [-0.25, -0.2) is 0 Å². The van der Waals surface area contributed by atoms with Crippen molar-refractivity contribution in [3.8, 4) is 0 Å². The van der Waals surface area contributed by atoms with Gasteiger partial charge in [-0.05, 0) is 33.7 Å². The van der Waals surface area contributed by atoms with Crippen molar-refractivity contribution in [2.24, 2.45) is 0 Å². The highest BCUT2D eigenvalue weighted by Gasteiger charge is 2.47. The molecule has 3 atom stereocenters. The zero-order valence-corrected chi connectivity index (χ0v) is 15.5. The minimum atomic E-state index is -0.622. The topological polar surface area (TPSA) is 21.7 Å². The first-order valence-electron chi connectivity index (χ1n) is 8.22. The maximum atomic E-state index is 6.58. The van der Waals surface area contributed by atoms with Gasteiger partial charge in [0.1, 0.15) is 0 Å². The van der Waals surface area contributed by atoms with Crippen LogP contribution in [0.15, 0.2) is 30.3 Å². The van der Waals surface area contributed by atoms with Crippen molar-refractivity contribution in [1.29, 1.82) is 0 Å². The van der Waals surface area contributed by atoms with Gasteiger partial charge in [-0.2, -0.15) is 0 Å². The summed E-state index contributed by atoms with van der Waals surface area (Å²) in [5.41, 5.74) is 1.13. The maximum absolute atomic E-state index is 6.58. The molecule has 3 unspecified atom stereocenters. The van der Waals surface area contributed by atoms with Gasteiger partial charge in [-0.3, -0.25) is 4.90 Å². The van der Waals surface area contributed by atoms with Crippen LogP contribution >= 0.6 is 17.0 Å². The average Bonchev–Trinajstić information content (AvgIpc) is 2.47.